The van der Waals surface area contributed by atoms with Gasteiger partial charge in [-0.05, 0) is 97.7 Å². The summed E-state index contributed by atoms with van der Waals surface area (Å²) < 4.78 is 6.15. The normalized spacial score (nSPS) is 17.2. The van der Waals surface area contributed by atoms with Crippen molar-refractivity contribution in [2.24, 2.45) is 0 Å². The molecule has 0 saturated carbocycles. The molecule has 2 fully saturated rings. The van der Waals surface area contributed by atoms with Crippen molar-refractivity contribution in [3.8, 4) is 11.3 Å². The molecule has 1 aromatic heterocycles. The Morgan fingerprint density at radius 2 is 1.24 bits per heavy atom. The summed E-state index contributed by atoms with van der Waals surface area (Å²) >= 11 is 0. The number of nitrogens with zero attached hydrogens (tertiary/aromatic N) is 2. The highest BCUT2D eigenvalue weighted by Crippen LogP contribution is 2.30. The summed E-state index contributed by atoms with van der Waals surface area (Å²) in [6.07, 6.45) is 5.38. The van der Waals surface area contributed by atoms with E-state index in [2.05, 4.69) is 5.32 Å². The SMILES string of the molecule is O=C(Cc1ccc2oc(-c3ccc(NC(=O)[C@@H]4CCCN4C(=O)CCc4ccccc4)cc3)cc2c1)[C@@H]1CCCN1C(=O)CCc1ccccc1. The maximum absolute atomic E-state index is 13.4. The van der Waals surface area contributed by atoms with Gasteiger partial charge in [-0.1, -0.05) is 66.7 Å². The fraction of sp³-hybridized carbons (Fsp3) is 0.302. The van der Waals surface area contributed by atoms with E-state index in [0.29, 0.717) is 63.1 Å². The van der Waals surface area contributed by atoms with Crippen LogP contribution in [-0.4, -0.2) is 58.5 Å². The second-order valence-corrected chi connectivity index (χ2v) is 13.7. The predicted molar refractivity (Wildman–Crippen MR) is 198 cm³/mol. The van der Waals surface area contributed by atoms with Crippen LogP contribution < -0.4 is 5.32 Å². The van der Waals surface area contributed by atoms with Crippen LogP contribution in [0.2, 0.25) is 0 Å². The van der Waals surface area contributed by atoms with Crippen LogP contribution in [0.25, 0.3) is 22.3 Å². The summed E-state index contributed by atoms with van der Waals surface area (Å²) in [6.45, 7) is 1.23. The van der Waals surface area contributed by atoms with E-state index in [1.807, 2.05) is 109 Å². The second-order valence-electron chi connectivity index (χ2n) is 13.7. The zero-order valence-electron chi connectivity index (χ0n) is 28.8. The third-order valence-corrected chi connectivity index (χ3v) is 10.2. The highest BCUT2D eigenvalue weighted by molar-refractivity contribution is 5.98. The summed E-state index contributed by atoms with van der Waals surface area (Å²) in [6, 6.07) is 34.3. The van der Waals surface area contributed by atoms with Crippen LogP contribution >= 0.6 is 0 Å². The molecule has 3 amide bonds. The maximum Gasteiger partial charge on any atom is 0.247 e. The minimum absolute atomic E-state index is 0.00870. The van der Waals surface area contributed by atoms with Gasteiger partial charge in [0.05, 0.1) is 6.04 Å². The molecule has 2 atom stereocenters. The van der Waals surface area contributed by atoms with Gasteiger partial charge in [0.2, 0.25) is 17.7 Å². The average Bonchev–Trinajstić information content (AvgIpc) is 3.94. The Morgan fingerprint density at radius 1 is 0.647 bits per heavy atom. The van der Waals surface area contributed by atoms with Gasteiger partial charge in [-0.3, -0.25) is 19.2 Å². The highest BCUT2D eigenvalue weighted by Gasteiger charge is 2.34. The lowest BCUT2D eigenvalue weighted by atomic mass is 10.0. The number of rotatable bonds is 12. The number of benzene rings is 4. The quantitative estimate of drug-likeness (QED) is 0.148. The number of anilines is 1. The van der Waals surface area contributed by atoms with Crippen molar-refractivity contribution in [3.63, 3.8) is 0 Å². The zero-order valence-corrected chi connectivity index (χ0v) is 28.8. The Bertz CT molecular complexity index is 2000. The maximum atomic E-state index is 13.4. The lowest BCUT2D eigenvalue weighted by molar-refractivity contribution is -0.137. The monoisotopic (exact) mass is 681 g/mol. The molecule has 8 nitrogen and oxygen atoms in total. The molecule has 2 aliphatic heterocycles. The predicted octanol–water partition coefficient (Wildman–Crippen LogP) is 7.40. The Kier molecular flexibility index (Phi) is 10.4. The van der Waals surface area contributed by atoms with Crippen molar-refractivity contribution < 1.29 is 23.6 Å². The third-order valence-electron chi connectivity index (χ3n) is 10.2. The van der Waals surface area contributed by atoms with E-state index >= 15 is 0 Å². The van der Waals surface area contributed by atoms with Crippen LogP contribution in [-0.2, 0) is 38.4 Å². The molecule has 0 unspecified atom stereocenters. The smallest absolute Gasteiger partial charge is 0.247 e. The average molecular weight is 682 g/mol. The molecule has 260 valence electrons. The summed E-state index contributed by atoms with van der Waals surface area (Å²) in [7, 11) is 0. The van der Waals surface area contributed by atoms with Gasteiger partial charge in [0.15, 0.2) is 5.78 Å². The van der Waals surface area contributed by atoms with Gasteiger partial charge in [0.25, 0.3) is 0 Å². The number of amides is 3. The number of hydrogen-bond acceptors (Lipinski definition) is 5. The Morgan fingerprint density at radius 3 is 1.86 bits per heavy atom. The van der Waals surface area contributed by atoms with Crippen LogP contribution in [0.4, 0.5) is 5.69 Å². The minimum Gasteiger partial charge on any atom is -0.456 e. The number of likely N-dealkylation sites (tertiary alicyclic amines) is 2. The van der Waals surface area contributed by atoms with Gasteiger partial charge in [-0.15, -0.1) is 0 Å². The van der Waals surface area contributed by atoms with Crippen molar-refractivity contribution in [2.45, 2.75) is 69.9 Å². The number of nitrogens with one attached hydrogen (secondary N) is 1. The molecule has 2 aliphatic rings. The molecule has 0 aliphatic carbocycles. The van der Waals surface area contributed by atoms with Crippen LogP contribution in [0.1, 0.15) is 55.2 Å². The van der Waals surface area contributed by atoms with Gasteiger partial charge in [0.1, 0.15) is 17.4 Å². The topological polar surface area (TPSA) is 99.9 Å². The number of carbonyl (C=O) groups excluding carboxylic acids is 4. The van der Waals surface area contributed by atoms with Crippen LogP contribution in [0, 0.1) is 0 Å². The van der Waals surface area contributed by atoms with Crippen LogP contribution in [0.3, 0.4) is 0 Å². The van der Waals surface area contributed by atoms with Crippen molar-refractivity contribution in [3.05, 3.63) is 126 Å². The van der Waals surface area contributed by atoms with E-state index in [9.17, 15) is 19.2 Å². The zero-order chi connectivity index (χ0) is 35.2. The first-order chi connectivity index (χ1) is 24.9. The number of aryl methyl sites for hydroxylation is 2. The molecule has 7 rings (SSSR count). The van der Waals surface area contributed by atoms with Crippen molar-refractivity contribution in [2.75, 3.05) is 18.4 Å². The van der Waals surface area contributed by atoms with E-state index < -0.39 is 6.04 Å². The molecule has 51 heavy (non-hydrogen) atoms. The largest absolute Gasteiger partial charge is 0.456 e. The number of carbonyl (C=O) groups is 4. The van der Waals surface area contributed by atoms with Crippen molar-refractivity contribution in [1.82, 2.24) is 9.80 Å². The minimum atomic E-state index is -0.471. The molecule has 1 N–H and O–H groups in total. The molecule has 8 heteroatoms. The van der Waals surface area contributed by atoms with E-state index in [-0.39, 0.29) is 36.0 Å². The number of Topliss-reactive ketones (excluding diaryl/α,β-unsaturated/α-hetero) is 1. The molecule has 0 bridgehead atoms. The third kappa shape index (κ3) is 8.12. The molecular weight excluding hydrogens is 638 g/mol. The second kappa shape index (κ2) is 15.6. The number of ketones is 1. The molecule has 3 heterocycles. The van der Waals surface area contributed by atoms with Gasteiger partial charge >= 0.3 is 0 Å². The number of fused-ring (bicyclic) bond motifs is 1. The standard InChI is InChI=1S/C43H43N3O5/c47-38(36-13-7-25-45(36)41(48)23-16-30-9-3-1-4-10-30)28-32-15-22-39-34(27-32)29-40(51-39)33-18-20-35(21-19-33)44-43(50)37-14-8-26-46(37)42(49)24-17-31-11-5-2-6-12-31/h1-6,9-12,15,18-22,27,29,36-37H,7-8,13-14,16-17,23-26,28H2,(H,44,50)/t36-,37-/m0/s1. The van der Waals surface area contributed by atoms with Crippen LogP contribution in [0.15, 0.2) is 114 Å². The number of furan rings is 1. The first kappa shape index (κ1) is 34.0. The highest BCUT2D eigenvalue weighted by atomic mass is 16.3. The first-order valence-electron chi connectivity index (χ1n) is 18.0. The van der Waals surface area contributed by atoms with E-state index in [4.69, 9.17) is 4.42 Å². The number of hydrogen-bond donors (Lipinski definition) is 1. The fourth-order valence-electron chi connectivity index (χ4n) is 7.42. The first-order valence-corrected chi connectivity index (χ1v) is 18.0. The van der Waals surface area contributed by atoms with Gasteiger partial charge in [-0.2, -0.15) is 0 Å². The summed E-state index contributed by atoms with van der Waals surface area (Å²) in [4.78, 5) is 56.2. The van der Waals surface area contributed by atoms with E-state index in [1.165, 1.54) is 0 Å². The van der Waals surface area contributed by atoms with Crippen LogP contribution in [0.5, 0.6) is 0 Å². The molecule has 0 radical (unpaired) electrons. The van der Waals surface area contributed by atoms with Crippen molar-refractivity contribution in [1.29, 1.82) is 0 Å². The van der Waals surface area contributed by atoms with Gasteiger partial charge in [0, 0.05) is 49.0 Å². The summed E-state index contributed by atoms with van der Waals surface area (Å²) in [5, 5.41) is 3.90. The molecular formula is C43H43N3O5. The lowest BCUT2D eigenvalue weighted by Gasteiger charge is -2.24. The Hall–Kier alpha value is -5.50. The van der Waals surface area contributed by atoms with Gasteiger partial charge < -0.3 is 19.5 Å². The summed E-state index contributed by atoms with van der Waals surface area (Å²) in [5.74, 6) is 0.632. The van der Waals surface area contributed by atoms with Gasteiger partial charge in [-0.25, -0.2) is 0 Å². The van der Waals surface area contributed by atoms with Crippen molar-refractivity contribution >= 4 is 40.2 Å². The van der Waals surface area contributed by atoms with E-state index in [0.717, 1.165) is 46.1 Å². The lowest BCUT2D eigenvalue weighted by Crippen LogP contribution is -2.43. The Balaban J connectivity index is 0.939. The molecule has 2 saturated heterocycles. The molecule has 4 aromatic carbocycles. The molecule has 5 aromatic rings. The summed E-state index contributed by atoms with van der Waals surface area (Å²) in [5.41, 5.74) is 5.36. The molecule has 0 spiro atoms. The fourth-order valence-corrected chi connectivity index (χ4v) is 7.42. The van der Waals surface area contributed by atoms with E-state index in [1.54, 1.807) is 9.80 Å². The Labute approximate surface area is 298 Å².